The van der Waals surface area contributed by atoms with Crippen LogP contribution in [0, 0.1) is 27.7 Å². The Morgan fingerprint density at radius 3 is 1.32 bits per heavy atom. The molecule has 2 nitrogen and oxygen atoms in total. The molecule has 0 saturated carbocycles. The van der Waals surface area contributed by atoms with Crippen molar-refractivity contribution in [2.24, 2.45) is 0 Å². The molecule has 2 aromatic rings. The normalized spacial score (nSPS) is 13.5. The number of benzene rings is 2. The third-order valence-electron chi connectivity index (χ3n) is 6.73. The first-order valence-electron chi connectivity index (χ1n) is 14.3. The molecule has 206 valence electrons. The van der Waals surface area contributed by atoms with Gasteiger partial charge in [-0.25, -0.2) is 4.70 Å². The van der Waals surface area contributed by atoms with Gasteiger partial charge >= 0.3 is 39.1 Å². The van der Waals surface area contributed by atoms with Crippen LogP contribution < -0.4 is 0 Å². The van der Waals surface area contributed by atoms with E-state index < -0.39 is 0 Å². The summed E-state index contributed by atoms with van der Waals surface area (Å²) in [6.07, 6.45) is 9.23. The number of aryl methyl sites for hydroxylation is 4. The van der Waals surface area contributed by atoms with Gasteiger partial charge in [-0.3, -0.25) is 0 Å². The van der Waals surface area contributed by atoms with Crippen LogP contribution in [0.2, 0.25) is 10.8 Å². The third kappa shape index (κ3) is 9.06. The minimum absolute atomic E-state index is 0.991. The molecule has 37 heavy (non-hydrogen) atoms. The molecular formula is C34H50N2Ni. The first kappa shape index (κ1) is 31.2. The number of hydrogen-bond acceptors (Lipinski definition) is 0. The summed E-state index contributed by atoms with van der Waals surface area (Å²) in [5.41, 5.74) is 23.5. The zero-order valence-electron chi connectivity index (χ0n) is 24.7. The van der Waals surface area contributed by atoms with Crippen LogP contribution in [0.25, 0.3) is 16.9 Å². The Morgan fingerprint density at radius 1 is 0.568 bits per heavy atom. The van der Waals surface area contributed by atoms with Gasteiger partial charge in [0.15, 0.2) is 0 Å². The second-order valence-electron chi connectivity index (χ2n) is 10.2. The Hall–Kier alpha value is -1.99. The van der Waals surface area contributed by atoms with Crippen molar-refractivity contribution in [3.8, 4) is 0 Å². The van der Waals surface area contributed by atoms with E-state index in [4.69, 9.17) is 0 Å². The van der Waals surface area contributed by atoms with E-state index in [9.17, 15) is 5.53 Å². The van der Waals surface area contributed by atoms with E-state index in [1.165, 1.54) is 74.6 Å². The molecule has 0 N–H and O–H groups in total. The Morgan fingerprint density at radius 2 is 0.973 bits per heavy atom. The maximum atomic E-state index is 11.7. The van der Waals surface area contributed by atoms with Crippen molar-refractivity contribution >= 4 is 11.4 Å². The minimum atomic E-state index is 0.991. The molecule has 0 unspecified atom stereocenters. The topological polar surface area (TPSA) is 25.3 Å². The van der Waals surface area contributed by atoms with Crippen LogP contribution >= 0.6 is 0 Å². The average molecular weight is 545 g/mol. The number of rotatable bonds is 12. The van der Waals surface area contributed by atoms with Gasteiger partial charge in [0.1, 0.15) is 0 Å². The Bertz CT molecular complexity index is 1060. The van der Waals surface area contributed by atoms with Gasteiger partial charge in [-0.15, -0.1) is 0 Å². The fraction of sp³-hybridized carbons (Fsp3) is 0.529. The van der Waals surface area contributed by atoms with Crippen LogP contribution in [0.4, 0.5) is 0 Å². The molecule has 1 aliphatic rings. The molecule has 3 heteroatoms. The van der Waals surface area contributed by atoms with Gasteiger partial charge in [-0.2, -0.15) is 0 Å². The van der Waals surface area contributed by atoms with Gasteiger partial charge in [0, 0.05) is 22.3 Å². The number of allylic oxidation sites excluding steroid dienone is 2. The maximum absolute atomic E-state index is 11.7. The number of unbranched alkanes of at least 4 members (excludes halogenated alkanes) is 4. The summed E-state index contributed by atoms with van der Waals surface area (Å²) in [5.74, 6) is 0. The summed E-state index contributed by atoms with van der Waals surface area (Å²) in [7, 11) is 0. The Balaban J connectivity index is 0.000000877. The van der Waals surface area contributed by atoms with Crippen molar-refractivity contribution in [3.05, 3.63) is 86.5 Å². The standard InChI is InChI=1S/C30H40N2.2C2H5.Ni/c1-7-9-11-12-14-28-27(13-10-8-2)29(25-17-21(3)15-22(4)18-25)32(31)30(28)26-19-23(5)16-24(6)20-26;2*1-2;/h15-20H,7-14H2,1-6H3;2*1H2,2H3;. The molecular weight excluding hydrogens is 495 g/mol. The quantitative estimate of drug-likeness (QED) is 0.144. The monoisotopic (exact) mass is 544 g/mol. The van der Waals surface area contributed by atoms with Crippen LogP contribution in [-0.4, -0.2) is 4.70 Å². The van der Waals surface area contributed by atoms with E-state index in [1.807, 2.05) is 14.4 Å². The van der Waals surface area contributed by atoms with Gasteiger partial charge in [0.2, 0.25) is 11.4 Å². The predicted octanol–water partition coefficient (Wildman–Crippen LogP) is 11.2. The molecule has 0 saturated heterocycles. The molecule has 0 spiro atoms. The van der Waals surface area contributed by atoms with E-state index in [2.05, 4.69) is 91.8 Å². The van der Waals surface area contributed by atoms with E-state index in [1.54, 1.807) is 0 Å². The van der Waals surface area contributed by atoms with Crippen LogP contribution in [0.15, 0.2) is 47.5 Å². The van der Waals surface area contributed by atoms with Gasteiger partial charge in [0.05, 0.1) is 0 Å². The molecule has 3 rings (SSSR count). The van der Waals surface area contributed by atoms with Crippen LogP contribution in [0.5, 0.6) is 0 Å². The molecule has 1 heterocycles. The van der Waals surface area contributed by atoms with E-state index in [0.717, 1.165) is 48.2 Å². The van der Waals surface area contributed by atoms with E-state index in [0.29, 0.717) is 0 Å². The fourth-order valence-corrected chi connectivity index (χ4v) is 5.74. The SMILES string of the molecule is CCCCCCC1=C(c2cc(C)cc(C)c2)[N+](=[N-])C(c2cc(C)cc(C)c2)=C1CCCC.C[CH2][Ni][CH2]C. The number of hydrogen-bond donors (Lipinski definition) is 0. The molecule has 1 aliphatic heterocycles. The van der Waals surface area contributed by atoms with Crippen LogP contribution in [0.3, 0.4) is 0 Å². The molecule has 0 fully saturated rings. The molecule has 2 aromatic carbocycles. The van der Waals surface area contributed by atoms with Crippen molar-refractivity contribution < 1.29 is 19.1 Å². The molecule has 0 aromatic heterocycles. The molecule has 0 atom stereocenters. The zero-order valence-corrected chi connectivity index (χ0v) is 25.7. The van der Waals surface area contributed by atoms with E-state index in [-0.39, 0.29) is 0 Å². The van der Waals surface area contributed by atoms with Crippen LogP contribution in [-0.2, 0) is 14.4 Å². The van der Waals surface area contributed by atoms with Gasteiger partial charge in [-0.05, 0) is 77.6 Å². The van der Waals surface area contributed by atoms with Gasteiger partial charge in [-0.1, -0.05) is 73.9 Å². The molecule has 0 aliphatic carbocycles. The van der Waals surface area contributed by atoms with Crippen molar-refractivity contribution in [1.82, 2.24) is 0 Å². The number of nitrogens with zero attached hydrogens (tertiary/aromatic N) is 2. The summed E-state index contributed by atoms with van der Waals surface area (Å²) < 4.78 is 1.52. The van der Waals surface area contributed by atoms with Crippen molar-refractivity contribution in [1.29, 1.82) is 0 Å². The second-order valence-corrected chi connectivity index (χ2v) is 12.1. The van der Waals surface area contributed by atoms with Crippen LogP contribution in [0.1, 0.15) is 112 Å². The molecule has 0 bridgehead atoms. The summed E-state index contributed by atoms with van der Waals surface area (Å²) in [6, 6.07) is 13.3. The van der Waals surface area contributed by atoms with E-state index >= 15 is 0 Å². The van der Waals surface area contributed by atoms with Gasteiger partial charge in [0.25, 0.3) is 0 Å². The van der Waals surface area contributed by atoms with Crippen molar-refractivity contribution in [2.45, 2.75) is 118 Å². The first-order chi connectivity index (χ1) is 17.8. The summed E-state index contributed by atoms with van der Waals surface area (Å²) >= 11 is 1.82. The van der Waals surface area contributed by atoms with Crippen molar-refractivity contribution in [3.63, 3.8) is 0 Å². The van der Waals surface area contributed by atoms with Gasteiger partial charge < -0.3 is 5.53 Å². The third-order valence-corrected chi connectivity index (χ3v) is 7.71. The zero-order chi connectivity index (χ0) is 27.4. The fourth-order valence-electron chi connectivity index (χ4n) is 5.25. The predicted molar refractivity (Wildman–Crippen MR) is 159 cm³/mol. The second kappa shape index (κ2) is 16.1. The average Bonchev–Trinajstić information content (AvgIpc) is 3.11. The molecule has 0 radical (unpaired) electrons. The summed E-state index contributed by atoms with van der Waals surface area (Å²) in [5, 5.41) is 2.56. The molecule has 0 amide bonds. The summed E-state index contributed by atoms with van der Waals surface area (Å²) in [6.45, 7) is 17.4. The first-order valence-corrected chi connectivity index (χ1v) is 15.7. The van der Waals surface area contributed by atoms with Crippen molar-refractivity contribution in [2.75, 3.05) is 0 Å². The Labute approximate surface area is 234 Å². The Kier molecular flexibility index (Phi) is 13.6. The summed E-state index contributed by atoms with van der Waals surface area (Å²) in [4.78, 5) is 0.